The number of carbonyl (C=O) groups is 1. The van der Waals surface area contributed by atoms with Gasteiger partial charge in [-0.25, -0.2) is 0 Å². The summed E-state index contributed by atoms with van der Waals surface area (Å²) in [4.78, 5) is 16.2. The number of halogens is 1. The number of nitrogens with zero attached hydrogens (tertiary/aromatic N) is 2. The van der Waals surface area contributed by atoms with Crippen molar-refractivity contribution in [1.82, 2.24) is 15.2 Å². The van der Waals surface area contributed by atoms with E-state index in [2.05, 4.69) is 20.5 Å². The van der Waals surface area contributed by atoms with Gasteiger partial charge in [-0.1, -0.05) is 11.6 Å². The predicted molar refractivity (Wildman–Crippen MR) is 78.0 cm³/mol. The topological polar surface area (TPSA) is 70.7 Å². The molecule has 0 bridgehead atoms. The number of H-pyrrole nitrogens is 1. The van der Waals surface area contributed by atoms with E-state index in [-0.39, 0.29) is 5.91 Å². The summed E-state index contributed by atoms with van der Waals surface area (Å²) in [5.74, 6) is -0.290. The lowest BCUT2D eigenvalue weighted by molar-refractivity contribution is 0.102. The third kappa shape index (κ3) is 2.35. The summed E-state index contributed by atoms with van der Waals surface area (Å²) >= 11 is 6.05. The minimum atomic E-state index is -0.290. The molecule has 0 unspecified atom stereocenters. The summed E-state index contributed by atoms with van der Waals surface area (Å²) in [6.45, 7) is 1.82. The minimum absolute atomic E-state index is 0.290. The molecule has 0 aliphatic carbocycles. The van der Waals surface area contributed by atoms with Crippen LogP contribution in [0.15, 0.2) is 36.7 Å². The number of carbonyl (C=O) groups excluding carboxylic acids is 1. The third-order valence-electron chi connectivity index (χ3n) is 2.93. The fourth-order valence-electron chi connectivity index (χ4n) is 1.91. The average molecular weight is 287 g/mol. The van der Waals surface area contributed by atoms with Crippen LogP contribution in [0.2, 0.25) is 5.02 Å². The summed E-state index contributed by atoms with van der Waals surface area (Å²) < 4.78 is 0. The number of nitrogens with one attached hydrogen (secondary N) is 2. The molecule has 0 radical (unpaired) electrons. The predicted octanol–water partition coefficient (Wildman–Crippen LogP) is 3.17. The number of hydrogen-bond donors (Lipinski definition) is 2. The van der Waals surface area contributed by atoms with E-state index in [0.717, 1.165) is 16.6 Å². The van der Waals surface area contributed by atoms with Gasteiger partial charge in [0.1, 0.15) is 0 Å². The molecule has 0 saturated carbocycles. The highest BCUT2D eigenvalue weighted by Crippen LogP contribution is 2.20. The Morgan fingerprint density at radius 2 is 2.15 bits per heavy atom. The van der Waals surface area contributed by atoms with Gasteiger partial charge in [-0.15, -0.1) is 0 Å². The number of aromatic amines is 1. The number of aromatic nitrogens is 3. The van der Waals surface area contributed by atoms with E-state index >= 15 is 0 Å². The molecule has 2 heterocycles. The van der Waals surface area contributed by atoms with Crippen LogP contribution >= 0.6 is 11.6 Å². The van der Waals surface area contributed by atoms with E-state index in [0.29, 0.717) is 16.3 Å². The number of fused-ring (bicyclic) bond motifs is 1. The van der Waals surface area contributed by atoms with E-state index in [1.807, 2.05) is 25.1 Å². The number of anilines is 1. The fraction of sp³-hybridized carbons (Fsp3) is 0.0714. The van der Waals surface area contributed by atoms with Crippen LogP contribution in [0.5, 0.6) is 0 Å². The van der Waals surface area contributed by atoms with Crippen LogP contribution in [0.1, 0.15) is 16.1 Å². The summed E-state index contributed by atoms with van der Waals surface area (Å²) in [5, 5.41) is 10.9. The van der Waals surface area contributed by atoms with Crippen LogP contribution in [-0.4, -0.2) is 21.1 Å². The molecule has 0 fully saturated rings. The van der Waals surface area contributed by atoms with Gasteiger partial charge in [0.15, 0.2) is 0 Å². The van der Waals surface area contributed by atoms with E-state index in [9.17, 15) is 4.79 Å². The van der Waals surface area contributed by atoms with Crippen LogP contribution in [0.4, 0.5) is 5.69 Å². The van der Waals surface area contributed by atoms with E-state index < -0.39 is 0 Å². The number of hydrogen-bond acceptors (Lipinski definition) is 3. The van der Waals surface area contributed by atoms with Gasteiger partial charge in [0.05, 0.1) is 22.3 Å². The molecule has 6 heteroatoms. The molecule has 20 heavy (non-hydrogen) atoms. The second-order valence-corrected chi connectivity index (χ2v) is 4.84. The zero-order chi connectivity index (χ0) is 14.1. The number of benzene rings is 1. The van der Waals surface area contributed by atoms with Crippen LogP contribution in [0.3, 0.4) is 0 Å². The maximum Gasteiger partial charge on any atom is 0.258 e. The molecule has 0 atom stereocenters. The van der Waals surface area contributed by atoms with Crippen molar-refractivity contribution in [2.24, 2.45) is 0 Å². The van der Waals surface area contributed by atoms with Crippen molar-refractivity contribution in [3.8, 4) is 0 Å². The monoisotopic (exact) mass is 286 g/mol. The Morgan fingerprint density at radius 1 is 1.30 bits per heavy atom. The summed E-state index contributed by atoms with van der Waals surface area (Å²) in [6, 6.07) is 7.17. The molecule has 3 aromatic rings. The average Bonchev–Trinajstić information content (AvgIpc) is 2.85. The van der Waals surface area contributed by atoms with Crippen molar-refractivity contribution < 1.29 is 4.79 Å². The second kappa shape index (κ2) is 4.94. The quantitative estimate of drug-likeness (QED) is 0.760. The Labute approximate surface area is 120 Å². The zero-order valence-electron chi connectivity index (χ0n) is 10.6. The normalized spacial score (nSPS) is 10.7. The molecular weight excluding hydrogens is 276 g/mol. The Bertz CT molecular complexity index is 797. The van der Waals surface area contributed by atoms with Gasteiger partial charge in [-0.3, -0.25) is 14.9 Å². The molecule has 5 nitrogen and oxygen atoms in total. The first kappa shape index (κ1) is 12.6. The van der Waals surface area contributed by atoms with Gasteiger partial charge in [0.25, 0.3) is 5.91 Å². The van der Waals surface area contributed by atoms with E-state index in [1.165, 1.54) is 6.20 Å². The summed E-state index contributed by atoms with van der Waals surface area (Å²) in [7, 11) is 0. The van der Waals surface area contributed by atoms with Crippen LogP contribution in [0, 0.1) is 6.92 Å². The van der Waals surface area contributed by atoms with Gasteiger partial charge >= 0.3 is 0 Å². The van der Waals surface area contributed by atoms with Crippen LogP contribution in [-0.2, 0) is 0 Å². The minimum Gasteiger partial charge on any atom is -0.322 e. The number of amides is 1. The first-order chi connectivity index (χ1) is 9.63. The summed E-state index contributed by atoms with van der Waals surface area (Å²) in [5.41, 5.74) is 2.65. The van der Waals surface area contributed by atoms with Crippen molar-refractivity contribution in [3.05, 3.63) is 52.9 Å². The molecule has 2 aromatic heterocycles. The van der Waals surface area contributed by atoms with Gasteiger partial charge in [-0.05, 0) is 31.2 Å². The smallest absolute Gasteiger partial charge is 0.258 e. The van der Waals surface area contributed by atoms with Gasteiger partial charge < -0.3 is 5.32 Å². The lowest BCUT2D eigenvalue weighted by Crippen LogP contribution is -2.13. The van der Waals surface area contributed by atoms with Crippen molar-refractivity contribution in [2.45, 2.75) is 6.92 Å². The van der Waals surface area contributed by atoms with Crippen molar-refractivity contribution in [1.29, 1.82) is 0 Å². The molecule has 0 aliphatic heterocycles. The number of aryl methyl sites for hydroxylation is 1. The molecule has 2 N–H and O–H groups in total. The van der Waals surface area contributed by atoms with Gasteiger partial charge in [0, 0.05) is 23.0 Å². The first-order valence-corrected chi connectivity index (χ1v) is 6.38. The van der Waals surface area contributed by atoms with Crippen molar-refractivity contribution in [2.75, 3.05) is 5.32 Å². The third-order valence-corrected chi connectivity index (χ3v) is 3.25. The molecule has 0 aliphatic rings. The molecule has 0 spiro atoms. The van der Waals surface area contributed by atoms with Gasteiger partial charge in [-0.2, -0.15) is 5.10 Å². The van der Waals surface area contributed by atoms with Crippen molar-refractivity contribution >= 4 is 34.1 Å². The highest BCUT2D eigenvalue weighted by molar-refractivity contribution is 6.34. The molecule has 3 rings (SSSR count). The molecule has 1 amide bonds. The highest BCUT2D eigenvalue weighted by atomic mass is 35.5. The lowest BCUT2D eigenvalue weighted by Gasteiger charge is -2.07. The molecule has 1 aromatic carbocycles. The van der Waals surface area contributed by atoms with Crippen LogP contribution < -0.4 is 5.32 Å². The molecule has 0 saturated heterocycles. The maximum absolute atomic E-state index is 12.2. The van der Waals surface area contributed by atoms with Gasteiger partial charge in [0.2, 0.25) is 0 Å². The van der Waals surface area contributed by atoms with Crippen molar-refractivity contribution in [3.63, 3.8) is 0 Å². The number of pyridine rings is 1. The molecular formula is C14H11ClN4O. The fourth-order valence-corrected chi connectivity index (χ4v) is 2.20. The second-order valence-electron chi connectivity index (χ2n) is 4.43. The standard InChI is InChI=1S/C14H11ClN4O/c1-8-4-12(15)11(7-16-8)14(20)18-10-3-2-9-6-17-19-13(9)5-10/h2-7H,1H3,(H,17,19)(H,18,20). The SMILES string of the molecule is Cc1cc(Cl)c(C(=O)Nc2ccc3cn[nH]c3c2)cn1. The summed E-state index contributed by atoms with van der Waals surface area (Å²) in [6.07, 6.45) is 3.20. The maximum atomic E-state index is 12.2. The lowest BCUT2D eigenvalue weighted by atomic mass is 10.2. The zero-order valence-corrected chi connectivity index (χ0v) is 11.4. The van der Waals surface area contributed by atoms with E-state index in [4.69, 9.17) is 11.6 Å². The van der Waals surface area contributed by atoms with Crippen LogP contribution in [0.25, 0.3) is 10.9 Å². The Kier molecular flexibility index (Phi) is 3.12. The Morgan fingerprint density at radius 3 is 2.95 bits per heavy atom. The van der Waals surface area contributed by atoms with E-state index in [1.54, 1.807) is 12.3 Å². The largest absolute Gasteiger partial charge is 0.322 e. The highest BCUT2D eigenvalue weighted by Gasteiger charge is 2.11. The number of rotatable bonds is 2. The Balaban J connectivity index is 1.87. The first-order valence-electron chi connectivity index (χ1n) is 6.00. The Hall–Kier alpha value is -2.40. The molecule has 100 valence electrons.